The second kappa shape index (κ2) is 4.97. The summed E-state index contributed by atoms with van der Waals surface area (Å²) < 4.78 is 0. The van der Waals surface area contributed by atoms with Crippen molar-refractivity contribution in [3.8, 4) is 11.5 Å². The Balaban J connectivity index is 2.64. The third-order valence-electron chi connectivity index (χ3n) is 3.76. The van der Waals surface area contributed by atoms with Crippen LogP contribution in [0.4, 0.5) is 11.4 Å². The minimum Gasteiger partial charge on any atom is -0.872 e. The molecule has 0 unspecified atom stereocenters. The summed E-state index contributed by atoms with van der Waals surface area (Å²) in [5, 5.41) is 54.1. The summed E-state index contributed by atoms with van der Waals surface area (Å²) in [7, 11) is 0. The standard InChI is InChI=1S/C15H12N2O6/c1-7-5-6-9-12(13(7)17(22)23)15(19)8-3-2-4-10(16(20)21)11(8)14(9)18/h2-6,18-21H,1H3/p-2. The molecule has 0 heterocycles. The van der Waals surface area contributed by atoms with Crippen molar-refractivity contribution in [3.63, 3.8) is 0 Å². The Labute approximate surface area is 129 Å². The van der Waals surface area contributed by atoms with E-state index in [9.17, 15) is 30.7 Å². The fraction of sp³-hybridized carbons (Fsp3) is 0.0667. The first kappa shape index (κ1) is 14.8. The van der Waals surface area contributed by atoms with E-state index in [1.54, 1.807) is 0 Å². The van der Waals surface area contributed by atoms with Gasteiger partial charge in [0, 0.05) is 10.9 Å². The van der Waals surface area contributed by atoms with Gasteiger partial charge in [0.1, 0.15) is 5.69 Å². The van der Waals surface area contributed by atoms with Gasteiger partial charge in [0.05, 0.1) is 10.3 Å². The number of nitrogens with zero attached hydrogens (tertiary/aromatic N) is 2. The van der Waals surface area contributed by atoms with Crippen molar-refractivity contribution in [3.05, 3.63) is 46.0 Å². The van der Waals surface area contributed by atoms with Crippen LogP contribution in [0, 0.1) is 17.0 Å². The molecule has 0 aliphatic heterocycles. The minimum absolute atomic E-state index is 0.109. The smallest absolute Gasteiger partial charge is 0.279 e. The molecule has 0 atom stereocenters. The predicted octanol–water partition coefficient (Wildman–Crippen LogP) is 1.94. The first-order valence-corrected chi connectivity index (χ1v) is 6.53. The fourth-order valence-corrected chi connectivity index (χ4v) is 2.75. The highest BCUT2D eigenvalue weighted by molar-refractivity contribution is 6.16. The fourth-order valence-electron chi connectivity index (χ4n) is 2.75. The summed E-state index contributed by atoms with van der Waals surface area (Å²) in [6.07, 6.45) is 0. The number of anilines is 1. The zero-order valence-corrected chi connectivity index (χ0v) is 11.8. The Morgan fingerprint density at radius 2 is 1.61 bits per heavy atom. The van der Waals surface area contributed by atoms with Crippen molar-refractivity contribution < 1.29 is 25.6 Å². The molecule has 3 aromatic rings. The largest absolute Gasteiger partial charge is 0.872 e. The normalized spacial score (nSPS) is 11.1. The quantitative estimate of drug-likeness (QED) is 0.419. The van der Waals surface area contributed by atoms with Gasteiger partial charge in [0.15, 0.2) is 0 Å². The third-order valence-corrected chi connectivity index (χ3v) is 3.76. The van der Waals surface area contributed by atoms with E-state index in [-0.39, 0.29) is 38.0 Å². The van der Waals surface area contributed by atoms with Crippen LogP contribution in [0.5, 0.6) is 11.5 Å². The van der Waals surface area contributed by atoms with Gasteiger partial charge in [-0.2, -0.15) is 0 Å². The van der Waals surface area contributed by atoms with E-state index in [4.69, 9.17) is 0 Å². The van der Waals surface area contributed by atoms with Crippen LogP contribution in [-0.4, -0.2) is 15.3 Å². The number of nitro benzene ring substituents is 1. The van der Waals surface area contributed by atoms with Crippen LogP contribution < -0.4 is 15.4 Å². The highest BCUT2D eigenvalue weighted by Crippen LogP contribution is 2.46. The number of hydrogen-bond donors (Lipinski definition) is 2. The van der Waals surface area contributed by atoms with Gasteiger partial charge in [-0.05, 0) is 23.8 Å². The molecule has 118 valence electrons. The number of rotatable bonds is 2. The van der Waals surface area contributed by atoms with E-state index >= 15 is 0 Å². The molecule has 0 saturated carbocycles. The first-order valence-electron chi connectivity index (χ1n) is 6.53. The third kappa shape index (κ3) is 2.00. The average molecular weight is 314 g/mol. The summed E-state index contributed by atoms with van der Waals surface area (Å²) in [5.74, 6) is -1.38. The number of benzene rings is 3. The van der Waals surface area contributed by atoms with Gasteiger partial charge in [0.2, 0.25) is 0 Å². The van der Waals surface area contributed by atoms with Crippen LogP contribution in [0.25, 0.3) is 21.5 Å². The highest BCUT2D eigenvalue weighted by atomic mass is 16.8. The maximum Gasteiger partial charge on any atom is 0.279 e. The summed E-state index contributed by atoms with van der Waals surface area (Å²) >= 11 is 0. The Morgan fingerprint density at radius 3 is 2.22 bits per heavy atom. The maximum atomic E-state index is 12.7. The number of nitro groups is 1. The second-order valence-corrected chi connectivity index (χ2v) is 5.06. The Morgan fingerprint density at radius 1 is 1.00 bits per heavy atom. The van der Waals surface area contributed by atoms with Gasteiger partial charge in [-0.3, -0.25) is 20.5 Å². The number of hydrogen-bond acceptors (Lipinski definition) is 7. The topological polar surface area (TPSA) is 133 Å². The van der Waals surface area contributed by atoms with Crippen LogP contribution in [0.3, 0.4) is 0 Å². The molecule has 23 heavy (non-hydrogen) atoms. The SMILES string of the molecule is Cc1ccc2c([O-])c3c(N(O)O)cccc3c([O-])c2c1[N+](=O)[O-]. The number of aryl methyl sites for hydroxylation is 1. The maximum absolute atomic E-state index is 12.7. The molecule has 0 spiro atoms. The van der Waals surface area contributed by atoms with Crippen molar-refractivity contribution in [2.24, 2.45) is 0 Å². The van der Waals surface area contributed by atoms with Gasteiger partial charge in [-0.1, -0.05) is 35.8 Å². The Hall–Kier alpha value is -3.10. The molecule has 0 aromatic heterocycles. The first-order chi connectivity index (χ1) is 10.8. The van der Waals surface area contributed by atoms with Gasteiger partial charge in [-0.25, -0.2) is 0 Å². The Bertz CT molecular complexity index is 967. The molecule has 0 amide bonds. The summed E-state index contributed by atoms with van der Waals surface area (Å²) in [4.78, 5) is 10.6. The molecule has 0 saturated heterocycles. The zero-order chi connectivity index (χ0) is 16.9. The van der Waals surface area contributed by atoms with E-state index in [2.05, 4.69) is 0 Å². The molecule has 0 fully saturated rings. The lowest BCUT2D eigenvalue weighted by Crippen LogP contribution is -2.12. The lowest BCUT2D eigenvalue weighted by atomic mass is 9.96. The molecule has 0 aliphatic rings. The highest BCUT2D eigenvalue weighted by Gasteiger charge is 2.19. The molecule has 0 aliphatic carbocycles. The molecular formula is C15H10N2O6-2. The van der Waals surface area contributed by atoms with Gasteiger partial charge in [-0.15, -0.1) is 5.23 Å². The van der Waals surface area contributed by atoms with Gasteiger partial charge >= 0.3 is 0 Å². The Kier molecular flexibility index (Phi) is 3.20. The van der Waals surface area contributed by atoms with E-state index < -0.39 is 22.1 Å². The van der Waals surface area contributed by atoms with Crippen molar-refractivity contribution >= 4 is 32.9 Å². The number of fused-ring (bicyclic) bond motifs is 2. The molecular weight excluding hydrogens is 304 g/mol. The van der Waals surface area contributed by atoms with Crippen LogP contribution in [0.15, 0.2) is 30.3 Å². The van der Waals surface area contributed by atoms with Crippen LogP contribution in [-0.2, 0) is 0 Å². The molecule has 8 heteroatoms. The van der Waals surface area contributed by atoms with Crippen molar-refractivity contribution in [2.75, 3.05) is 5.23 Å². The average Bonchev–Trinajstić information content (AvgIpc) is 2.51. The zero-order valence-electron chi connectivity index (χ0n) is 11.8. The molecule has 0 bridgehead atoms. The van der Waals surface area contributed by atoms with Crippen LogP contribution in [0.1, 0.15) is 5.56 Å². The lowest BCUT2D eigenvalue weighted by molar-refractivity contribution is -0.384. The van der Waals surface area contributed by atoms with Gasteiger partial charge < -0.3 is 10.2 Å². The summed E-state index contributed by atoms with van der Waals surface area (Å²) in [6, 6.07) is 6.63. The molecule has 2 N–H and O–H groups in total. The van der Waals surface area contributed by atoms with Crippen molar-refractivity contribution in [1.29, 1.82) is 0 Å². The molecule has 3 rings (SSSR count). The molecule has 0 radical (unpaired) electrons. The van der Waals surface area contributed by atoms with E-state index in [1.165, 1.54) is 37.3 Å². The molecule has 3 aromatic carbocycles. The van der Waals surface area contributed by atoms with Crippen molar-refractivity contribution in [2.45, 2.75) is 6.92 Å². The van der Waals surface area contributed by atoms with Crippen LogP contribution >= 0.6 is 0 Å². The summed E-state index contributed by atoms with van der Waals surface area (Å²) in [5.41, 5.74) is -0.420. The molecule has 8 nitrogen and oxygen atoms in total. The summed E-state index contributed by atoms with van der Waals surface area (Å²) in [6.45, 7) is 1.48. The van der Waals surface area contributed by atoms with Gasteiger partial charge in [0.25, 0.3) is 5.69 Å². The second-order valence-electron chi connectivity index (χ2n) is 5.06. The minimum atomic E-state index is -0.700. The van der Waals surface area contributed by atoms with E-state index in [0.717, 1.165) is 0 Å². The lowest BCUT2D eigenvalue weighted by Gasteiger charge is -2.25. The predicted molar refractivity (Wildman–Crippen MR) is 77.8 cm³/mol. The van der Waals surface area contributed by atoms with E-state index in [0.29, 0.717) is 0 Å². The van der Waals surface area contributed by atoms with Crippen LogP contribution in [0.2, 0.25) is 0 Å². The van der Waals surface area contributed by atoms with E-state index in [1.807, 2.05) is 0 Å². The van der Waals surface area contributed by atoms with Crippen molar-refractivity contribution in [1.82, 2.24) is 0 Å². The monoisotopic (exact) mass is 314 g/mol.